The van der Waals surface area contributed by atoms with Crippen LogP contribution in [0.1, 0.15) is 0 Å². The molecule has 6 heteroatoms. The van der Waals surface area contributed by atoms with Crippen LogP contribution in [0.25, 0.3) is 0 Å². The van der Waals surface area contributed by atoms with Gasteiger partial charge in [0.05, 0.1) is 20.0 Å². The predicted octanol–water partition coefficient (Wildman–Crippen LogP) is -0.905. The molecular formula is C8H16N6. The molecule has 0 amide bonds. The first-order valence-corrected chi connectivity index (χ1v) is 4.42. The van der Waals surface area contributed by atoms with Gasteiger partial charge < -0.3 is 10.2 Å². The molecule has 1 heterocycles. The summed E-state index contributed by atoms with van der Waals surface area (Å²) in [7, 11) is 5.98. The lowest BCUT2D eigenvalue weighted by molar-refractivity contribution is 0.138. The summed E-state index contributed by atoms with van der Waals surface area (Å²) in [6.07, 6.45) is 1.80. The van der Waals surface area contributed by atoms with Crippen LogP contribution in [0.15, 0.2) is 4.99 Å². The van der Waals surface area contributed by atoms with Crippen molar-refractivity contribution in [1.29, 1.82) is 5.26 Å². The maximum absolute atomic E-state index is 8.50. The molecule has 0 atom stereocenters. The maximum atomic E-state index is 8.50. The monoisotopic (exact) mass is 196 g/mol. The highest BCUT2D eigenvalue weighted by Gasteiger charge is 2.19. The Kier molecular flexibility index (Phi) is 3.68. The van der Waals surface area contributed by atoms with E-state index in [-0.39, 0.29) is 0 Å². The van der Waals surface area contributed by atoms with Crippen molar-refractivity contribution in [2.75, 3.05) is 41.1 Å². The molecule has 0 aromatic heterocycles. The van der Waals surface area contributed by atoms with Gasteiger partial charge in [-0.05, 0) is 21.1 Å². The molecule has 1 fully saturated rings. The minimum atomic E-state index is 0.652. The first kappa shape index (κ1) is 10.8. The fourth-order valence-electron chi connectivity index (χ4n) is 1.34. The smallest absolute Gasteiger partial charge is 0.213 e. The van der Waals surface area contributed by atoms with E-state index in [9.17, 15) is 0 Å². The van der Waals surface area contributed by atoms with Crippen LogP contribution >= 0.6 is 0 Å². The van der Waals surface area contributed by atoms with Gasteiger partial charge in [-0.3, -0.25) is 9.80 Å². The molecule has 1 aliphatic heterocycles. The number of guanidine groups is 1. The van der Waals surface area contributed by atoms with Gasteiger partial charge in [-0.2, -0.15) is 5.26 Å². The number of rotatable bonds is 2. The standard InChI is InChI=1S/C8H16N6/c1-12(2)6-14-7-13(3)5-11-8(14)10-4-9/h5-7H2,1-3H3,(H,10,11). The zero-order valence-corrected chi connectivity index (χ0v) is 8.86. The SMILES string of the molecule is CN(C)CN1CN(C)CNC1=NC#N. The average Bonchev–Trinajstić information content (AvgIpc) is 2.09. The van der Waals surface area contributed by atoms with E-state index in [1.165, 1.54) is 0 Å². The second kappa shape index (κ2) is 4.79. The molecule has 0 radical (unpaired) electrons. The first-order chi connectivity index (χ1) is 6.63. The maximum Gasteiger partial charge on any atom is 0.213 e. The zero-order chi connectivity index (χ0) is 10.6. The Morgan fingerprint density at radius 3 is 2.93 bits per heavy atom. The number of hydrogen-bond acceptors (Lipinski definition) is 4. The van der Waals surface area contributed by atoms with Crippen molar-refractivity contribution in [2.24, 2.45) is 4.99 Å². The fourth-order valence-corrected chi connectivity index (χ4v) is 1.34. The van der Waals surface area contributed by atoms with Crippen LogP contribution in [0.5, 0.6) is 0 Å². The van der Waals surface area contributed by atoms with Gasteiger partial charge in [0.25, 0.3) is 0 Å². The summed E-state index contributed by atoms with van der Waals surface area (Å²) in [5, 5.41) is 11.6. The highest BCUT2D eigenvalue weighted by Crippen LogP contribution is 1.99. The van der Waals surface area contributed by atoms with Crippen LogP contribution in [0.4, 0.5) is 0 Å². The van der Waals surface area contributed by atoms with Crippen molar-refractivity contribution in [2.45, 2.75) is 0 Å². The molecule has 0 spiro atoms. The molecule has 0 aromatic rings. The summed E-state index contributed by atoms with van der Waals surface area (Å²) < 4.78 is 0. The van der Waals surface area contributed by atoms with E-state index in [1.54, 1.807) is 6.19 Å². The summed E-state index contributed by atoms with van der Waals surface area (Å²) in [4.78, 5) is 9.89. The molecule has 14 heavy (non-hydrogen) atoms. The van der Waals surface area contributed by atoms with Gasteiger partial charge in [-0.1, -0.05) is 0 Å². The third kappa shape index (κ3) is 2.87. The third-order valence-electron chi connectivity index (χ3n) is 1.83. The third-order valence-corrected chi connectivity index (χ3v) is 1.83. The van der Waals surface area contributed by atoms with Gasteiger partial charge in [-0.15, -0.1) is 4.99 Å². The molecule has 1 N–H and O–H groups in total. The molecule has 1 saturated heterocycles. The molecule has 0 bridgehead atoms. The topological polar surface area (TPSA) is 57.9 Å². The summed E-state index contributed by atoms with van der Waals surface area (Å²) in [6, 6.07) is 0. The average molecular weight is 196 g/mol. The number of hydrogen-bond donors (Lipinski definition) is 1. The van der Waals surface area contributed by atoms with Crippen LogP contribution in [-0.4, -0.2) is 61.8 Å². The second-order valence-corrected chi connectivity index (χ2v) is 3.63. The molecule has 0 aromatic carbocycles. The van der Waals surface area contributed by atoms with Crippen molar-refractivity contribution in [3.05, 3.63) is 0 Å². The van der Waals surface area contributed by atoms with E-state index in [1.807, 2.05) is 30.9 Å². The normalized spacial score (nSPS) is 21.1. The Labute approximate surface area is 84.4 Å². The van der Waals surface area contributed by atoms with E-state index >= 15 is 0 Å². The van der Waals surface area contributed by atoms with Gasteiger partial charge in [-0.25, -0.2) is 0 Å². The Balaban J connectivity index is 2.65. The summed E-state index contributed by atoms with van der Waals surface area (Å²) in [5.74, 6) is 0.652. The quantitative estimate of drug-likeness (QED) is 0.580. The fraction of sp³-hybridized carbons (Fsp3) is 0.750. The number of nitrogens with one attached hydrogen (secondary N) is 1. The zero-order valence-electron chi connectivity index (χ0n) is 8.86. The van der Waals surface area contributed by atoms with Gasteiger partial charge in [0, 0.05) is 0 Å². The molecular weight excluding hydrogens is 180 g/mol. The largest absolute Gasteiger partial charge is 0.342 e. The van der Waals surface area contributed by atoms with Crippen LogP contribution in [-0.2, 0) is 0 Å². The van der Waals surface area contributed by atoms with E-state index in [0.29, 0.717) is 5.96 Å². The van der Waals surface area contributed by atoms with E-state index in [4.69, 9.17) is 5.26 Å². The molecule has 0 aliphatic carbocycles. The molecule has 0 saturated carbocycles. The van der Waals surface area contributed by atoms with Crippen molar-refractivity contribution >= 4 is 5.96 Å². The second-order valence-electron chi connectivity index (χ2n) is 3.63. The molecule has 0 unspecified atom stereocenters. The van der Waals surface area contributed by atoms with Gasteiger partial charge in [0.15, 0.2) is 0 Å². The summed E-state index contributed by atoms with van der Waals surface area (Å²) >= 11 is 0. The van der Waals surface area contributed by atoms with Gasteiger partial charge in [0.1, 0.15) is 0 Å². The number of nitrogens with zero attached hydrogens (tertiary/aromatic N) is 5. The Bertz CT molecular complexity index is 251. The van der Waals surface area contributed by atoms with E-state index in [0.717, 1.165) is 20.0 Å². The van der Waals surface area contributed by atoms with Crippen LogP contribution in [0, 0.1) is 11.5 Å². The van der Waals surface area contributed by atoms with Crippen LogP contribution < -0.4 is 5.32 Å². The molecule has 6 nitrogen and oxygen atoms in total. The van der Waals surface area contributed by atoms with Crippen molar-refractivity contribution in [3.63, 3.8) is 0 Å². The summed E-state index contributed by atoms with van der Waals surface area (Å²) in [6.45, 7) is 2.26. The first-order valence-electron chi connectivity index (χ1n) is 4.42. The van der Waals surface area contributed by atoms with E-state index < -0.39 is 0 Å². The van der Waals surface area contributed by atoms with Crippen LogP contribution in [0.3, 0.4) is 0 Å². The van der Waals surface area contributed by atoms with Gasteiger partial charge in [0.2, 0.25) is 12.2 Å². The predicted molar refractivity (Wildman–Crippen MR) is 54.1 cm³/mol. The Morgan fingerprint density at radius 2 is 2.36 bits per heavy atom. The summed E-state index contributed by atoms with van der Waals surface area (Å²) in [5.41, 5.74) is 0. The minimum absolute atomic E-state index is 0.652. The lowest BCUT2D eigenvalue weighted by Gasteiger charge is -2.37. The molecule has 1 rings (SSSR count). The minimum Gasteiger partial charge on any atom is -0.342 e. The Morgan fingerprint density at radius 1 is 1.64 bits per heavy atom. The number of nitriles is 1. The Hall–Kier alpha value is -1.32. The lowest BCUT2D eigenvalue weighted by atomic mass is 10.5. The van der Waals surface area contributed by atoms with Crippen molar-refractivity contribution in [1.82, 2.24) is 20.0 Å². The molecule has 78 valence electrons. The van der Waals surface area contributed by atoms with Gasteiger partial charge >= 0.3 is 0 Å². The highest BCUT2D eigenvalue weighted by molar-refractivity contribution is 5.81. The molecule has 1 aliphatic rings. The van der Waals surface area contributed by atoms with Crippen molar-refractivity contribution in [3.8, 4) is 6.19 Å². The highest BCUT2D eigenvalue weighted by atomic mass is 15.5. The van der Waals surface area contributed by atoms with Crippen LogP contribution in [0.2, 0.25) is 0 Å². The van der Waals surface area contributed by atoms with E-state index in [2.05, 4.69) is 15.2 Å². The van der Waals surface area contributed by atoms with Crippen molar-refractivity contribution < 1.29 is 0 Å². The lowest BCUT2D eigenvalue weighted by Crippen LogP contribution is -2.57. The number of aliphatic imine (C=N–C) groups is 1.